The second kappa shape index (κ2) is 7.35. The number of amides is 1. The van der Waals surface area contributed by atoms with Gasteiger partial charge in [-0.15, -0.1) is 0 Å². The van der Waals surface area contributed by atoms with Crippen molar-refractivity contribution in [3.63, 3.8) is 0 Å². The van der Waals surface area contributed by atoms with Crippen molar-refractivity contribution < 1.29 is 9.18 Å². The van der Waals surface area contributed by atoms with E-state index in [0.717, 1.165) is 31.8 Å². The molecule has 1 aliphatic heterocycles. The van der Waals surface area contributed by atoms with Gasteiger partial charge in [0, 0.05) is 25.0 Å². The first-order valence-corrected chi connectivity index (χ1v) is 8.67. The number of nitrogens with zero attached hydrogens (tertiary/aromatic N) is 3. The van der Waals surface area contributed by atoms with Gasteiger partial charge >= 0.3 is 0 Å². The van der Waals surface area contributed by atoms with Gasteiger partial charge in [-0.25, -0.2) is 14.4 Å². The van der Waals surface area contributed by atoms with E-state index in [0.29, 0.717) is 22.9 Å². The number of hydrogen-bond donors (Lipinski definition) is 1. The maximum Gasteiger partial charge on any atom is 0.259 e. The van der Waals surface area contributed by atoms with Gasteiger partial charge in [0.15, 0.2) is 0 Å². The van der Waals surface area contributed by atoms with Gasteiger partial charge in [0.2, 0.25) is 5.95 Å². The average Bonchev–Trinajstić information content (AvgIpc) is 2.58. The molecule has 5 nitrogen and oxygen atoms in total. The molecule has 3 rings (SSSR count). The Hall–Kier alpha value is -2.21. The van der Waals surface area contributed by atoms with Crippen molar-refractivity contribution in [2.75, 3.05) is 23.3 Å². The van der Waals surface area contributed by atoms with Crippen molar-refractivity contribution in [2.24, 2.45) is 5.92 Å². The standard InChI is InChI=1S/C18H20ClFN4O/c1-11-5-7-24(8-6-11)18-21-10-14(12(2)22-18)17(25)23-13-3-4-16(20)15(19)9-13/h3-4,9-11H,5-8H2,1-2H3,(H,23,25). The Morgan fingerprint density at radius 1 is 1.36 bits per heavy atom. The summed E-state index contributed by atoms with van der Waals surface area (Å²) in [5.74, 6) is 0.508. The van der Waals surface area contributed by atoms with E-state index in [1.54, 1.807) is 6.92 Å². The van der Waals surface area contributed by atoms with Crippen LogP contribution in [0.4, 0.5) is 16.0 Å². The SMILES string of the molecule is Cc1nc(N2CCC(C)CC2)ncc1C(=O)Nc1ccc(F)c(Cl)c1. The van der Waals surface area contributed by atoms with Crippen molar-refractivity contribution in [2.45, 2.75) is 26.7 Å². The number of hydrogen-bond acceptors (Lipinski definition) is 4. The lowest BCUT2D eigenvalue weighted by Gasteiger charge is -2.30. The van der Waals surface area contributed by atoms with Gasteiger partial charge in [-0.2, -0.15) is 0 Å². The third-order valence-corrected chi connectivity index (χ3v) is 4.74. The number of piperidine rings is 1. The lowest BCUT2D eigenvalue weighted by molar-refractivity contribution is 0.102. The quantitative estimate of drug-likeness (QED) is 0.894. The van der Waals surface area contributed by atoms with E-state index >= 15 is 0 Å². The van der Waals surface area contributed by atoms with Crippen LogP contribution in [-0.4, -0.2) is 29.0 Å². The minimum Gasteiger partial charge on any atom is -0.341 e. The molecule has 7 heteroatoms. The first-order valence-electron chi connectivity index (χ1n) is 8.29. The largest absolute Gasteiger partial charge is 0.341 e. The molecule has 0 bridgehead atoms. The van der Waals surface area contributed by atoms with Crippen LogP contribution in [-0.2, 0) is 0 Å². The van der Waals surface area contributed by atoms with Gasteiger partial charge in [-0.1, -0.05) is 18.5 Å². The van der Waals surface area contributed by atoms with Gasteiger partial charge in [-0.05, 0) is 43.9 Å². The summed E-state index contributed by atoms with van der Waals surface area (Å²) in [5.41, 5.74) is 1.41. The van der Waals surface area contributed by atoms with Crippen LogP contribution in [0.25, 0.3) is 0 Å². The summed E-state index contributed by atoms with van der Waals surface area (Å²) in [6.45, 7) is 5.89. The maximum atomic E-state index is 13.2. The van der Waals surface area contributed by atoms with Crippen LogP contribution in [0.3, 0.4) is 0 Å². The number of aromatic nitrogens is 2. The van der Waals surface area contributed by atoms with Gasteiger partial charge in [0.1, 0.15) is 5.82 Å². The topological polar surface area (TPSA) is 58.1 Å². The molecule has 0 unspecified atom stereocenters. The van der Waals surface area contributed by atoms with Gasteiger partial charge < -0.3 is 10.2 Å². The van der Waals surface area contributed by atoms with Crippen molar-refractivity contribution in [1.29, 1.82) is 0 Å². The summed E-state index contributed by atoms with van der Waals surface area (Å²) in [7, 11) is 0. The summed E-state index contributed by atoms with van der Waals surface area (Å²) in [6, 6.07) is 4.04. The molecule has 1 N–H and O–H groups in total. The Balaban J connectivity index is 1.73. The second-order valence-electron chi connectivity index (χ2n) is 6.42. The van der Waals surface area contributed by atoms with E-state index in [-0.39, 0.29) is 10.9 Å². The number of rotatable bonds is 3. The predicted molar refractivity (Wildman–Crippen MR) is 96.7 cm³/mol. The van der Waals surface area contributed by atoms with Crippen molar-refractivity contribution in [3.8, 4) is 0 Å². The zero-order chi connectivity index (χ0) is 18.0. The third kappa shape index (κ3) is 4.07. The number of carbonyl (C=O) groups excluding carboxylic acids is 1. The zero-order valence-corrected chi connectivity index (χ0v) is 15.0. The fourth-order valence-electron chi connectivity index (χ4n) is 2.81. The molecule has 0 aliphatic carbocycles. The fourth-order valence-corrected chi connectivity index (χ4v) is 2.99. The Bertz CT molecular complexity index is 791. The lowest BCUT2D eigenvalue weighted by Crippen LogP contribution is -2.34. The average molecular weight is 363 g/mol. The first-order chi connectivity index (χ1) is 11.9. The Morgan fingerprint density at radius 2 is 2.08 bits per heavy atom. The molecule has 1 fully saturated rings. The van der Waals surface area contributed by atoms with Crippen LogP contribution < -0.4 is 10.2 Å². The van der Waals surface area contributed by atoms with Gasteiger partial charge in [0.05, 0.1) is 16.3 Å². The molecule has 2 aromatic rings. The lowest BCUT2D eigenvalue weighted by atomic mass is 10.00. The van der Waals surface area contributed by atoms with Crippen LogP contribution >= 0.6 is 11.6 Å². The molecule has 1 amide bonds. The van der Waals surface area contributed by atoms with E-state index in [9.17, 15) is 9.18 Å². The molecule has 0 saturated carbocycles. The summed E-state index contributed by atoms with van der Waals surface area (Å²) < 4.78 is 13.2. The minimum atomic E-state index is -0.528. The molecule has 132 valence electrons. The van der Waals surface area contributed by atoms with E-state index in [2.05, 4.69) is 27.1 Å². The molecule has 1 aromatic carbocycles. The molecule has 25 heavy (non-hydrogen) atoms. The van der Waals surface area contributed by atoms with Crippen LogP contribution in [0, 0.1) is 18.7 Å². The minimum absolute atomic E-state index is 0.0413. The van der Waals surface area contributed by atoms with Gasteiger partial charge in [-0.3, -0.25) is 4.79 Å². The van der Waals surface area contributed by atoms with E-state index in [1.165, 1.54) is 24.4 Å². The Kier molecular flexibility index (Phi) is 5.18. The molecule has 1 aliphatic rings. The highest BCUT2D eigenvalue weighted by Crippen LogP contribution is 2.22. The molecule has 1 aromatic heterocycles. The van der Waals surface area contributed by atoms with Crippen molar-refractivity contribution in [1.82, 2.24) is 9.97 Å². The smallest absolute Gasteiger partial charge is 0.259 e. The summed E-state index contributed by atoms with van der Waals surface area (Å²) in [4.78, 5) is 23.4. The van der Waals surface area contributed by atoms with E-state index in [1.807, 2.05) is 0 Å². The van der Waals surface area contributed by atoms with E-state index in [4.69, 9.17) is 11.6 Å². The first kappa shape index (κ1) is 17.6. The molecule has 0 atom stereocenters. The molecular formula is C18H20ClFN4O. The van der Waals surface area contributed by atoms with Crippen molar-refractivity contribution in [3.05, 3.63) is 46.5 Å². The summed E-state index contributed by atoms with van der Waals surface area (Å²) >= 11 is 5.74. The maximum absolute atomic E-state index is 13.2. The highest BCUT2D eigenvalue weighted by atomic mass is 35.5. The molecule has 2 heterocycles. The molecule has 0 spiro atoms. The number of benzene rings is 1. The van der Waals surface area contributed by atoms with Crippen LogP contribution in [0.5, 0.6) is 0 Å². The number of carbonyl (C=O) groups is 1. The second-order valence-corrected chi connectivity index (χ2v) is 6.83. The third-order valence-electron chi connectivity index (χ3n) is 4.46. The zero-order valence-electron chi connectivity index (χ0n) is 14.2. The normalized spacial score (nSPS) is 15.3. The van der Waals surface area contributed by atoms with Gasteiger partial charge in [0.25, 0.3) is 5.91 Å². The molecule has 0 radical (unpaired) electrons. The van der Waals surface area contributed by atoms with E-state index < -0.39 is 5.82 Å². The number of anilines is 2. The Morgan fingerprint density at radius 3 is 2.72 bits per heavy atom. The highest BCUT2D eigenvalue weighted by Gasteiger charge is 2.20. The molecular weight excluding hydrogens is 343 g/mol. The van der Waals surface area contributed by atoms with Crippen LogP contribution in [0.2, 0.25) is 5.02 Å². The summed E-state index contributed by atoms with van der Waals surface area (Å²) in [5, 5.41) is 2.65. The predicted octanol–water partition coefficient (Wildman–Crippen LogP) is 4.07. The Labute approximate surface area is 151 Å². The number of nitrogens with one attached hydrogen (secondary N) is 1. The highest BCUT2D eigenvalue weighted by molar-refractivity contribution is 6.31. The molecule has 1 saturated heterocycles. The summed E-state index contributed by atoms with van der Waals surface area (Å²) in [6.07, 6.45) is 3.78. The monoisotopic (exact) mass is 362 g/mol. The van der Waals surface area contributed by atoms with Crippen LogP contribution in [0.1, 0.15) is 35.8 Å². The fraction of sp³-hybridized carbons (Fsp3) is 0.389. The number of aryl methyl sites for hydroxylation is 1. The van der Waals surface area contributed by atoms with Crippen LogP contribution in [0.15, 0.2) is 24.4 Å². The number of halogens is 2. The van der Waals surface area contributed by atoms with Crippen molar-refractivity contribution >= 4 is 29.1 Å².